The monoisotopic (exact) mass is 725 g/mol. The van der Waals surface area contributed by atoms with Gasteiger partial charge in [-0.1, -0.05) is 95.1 Å². The molecule has 1 N–H and O–H groups in total. The molecule has 2 amide bonds. The first-order chi connectivity index (χ1) is 22.0. The smallest absolute Gasteiger partial charge is 0.264 e. The number of ether oxygens (including phenoxy) is 1. The zero-order valence-corrected chi connectivity index (χ0v) is 29.1. The number of halogens is 2. The van der Waals surface area contributed by atoms with Crippen LogP contribution in [0.15, 0.2) is 112 Å². The van der Waals surface area contributed by atoms with Crippen LogP contribution in [-0.2, 0) is 32.6 Å². The molecule has 0 aliphatic carbocycles. The van der Waals surface area contributed by atoms with E-state index in [1.54, 1.807) is 30.3 Å². The number of hydrogen-bond donors (Lipinski definition) is 1. The SMILES string of the molecule is CC[C@H](C)NC(=O)[C@H](Cc1ccccc1)N(Cc1cccc(Br)c1)C(=O)CN(c1cc(Cl)ccc1OC)S(=O)(=O)c1ccccc1. The Hall–Kier alpha value is -3.86. The topological polar surface area (TPSA) is 96.0 Å². The number of rotatable bonds is 14. The van der Waals surface area contributed by atoms with Crippen molar-refractivity contribution < 1.29 is 22.7 Å². The Balaban J connectivity index is 1.85. The van der Waals surface area contributed by atoms with E-state index in [9.17, 15) is 18.0 Å². The molecule has 0 unspecified atom stereocenters. The van der Waals surface area contributed by atoms with Crippen molar-refractivity contribution in [3.8, 4) is 5.75 Å². The Morgan fingerprint density at radius 2 is 1.57 bits per heavy atom. The quantitative estimate of drug-likeness (QED) is 0.153. The predicted octanol–water partition coefficient (Wildman–Crippen LogP) is 6.86. The molecule has 0 heterocycles. The molecule has 0 aromatic heterocycles. The molecule has 0 aliphatic heterocycles. The lowest BCUT2D eigenvalue weighted by Gasteiger charge is -2.34. The molecule has 46 heavy (non-hydrogen) atoms. The molecule has 11 heteroatoms. The average Bonchev–Trinajstić information content (AvgIpc) is 3.05. The number of sulfonamides is 1. The van der Waals surface area contributed by atoms with Gasteiger partial charge >= 0.3 is 0 Å². The van der Waals surface area contributed by atoms with Crippen LogP contribution in [0.5, 0.6) is 5.75 Å². The van der Waals surface area contributed by atoms with E-state index in [0.717, 1.165) is 19.9 Å². The Morgan fingerprint density at radius 1 is 0.913 bits per heavy atom. The summed E-state index contributed by atoms with van der Waals surface area (Å²) in [6.45, 7) is 3.29. The maximum absolute atomic E-state index is 14.6. The summed E-state index contributed by atoms with van der Waals surface area (Å²) < 4.78 is 35.8. The van der Waals surface area contributed by atoms with Crippen molar-refractivity contribution in [2.75, 3.05) is 18.0 Å². The zero-order valence-electron chi connectivity index (χ0n) is 25.9. The van der Waals surface area contributed by atoms with Crippen LogP contribution in [0.1, 0.15) is 31.4 Å². The number of carbonyl (C=O) groups excluding carboxylic acids is 2. The van der Waals surface area contributed by atoms with Crippen molar-refractivity contribution in [2.45, 2.75) is 50.2 Å². The van der Waals surface area contributed by atoms with Crippen LogP contribution in [0.2, 0.25) is 5.02 Å². The molecule has 4 rings (SSSR count). The molecule has 0 fully saturated rings. The first kappa shape index (κ1) is 35.0. The summed E-state index contributed by atoms with van der Waals surface area (Å²) in [5, 5.41) is 3.30. The molecule has 0 bridgehead atoms. The van der Waals surface area contributed by atoms with Crippen LogP contribution in [0.25, 0.3) is 0 Å². The summed E-state index contributed by atoms with van der Waals surface area (Å²) >= 11 is 9.85. The molecule has 0 aliphatic rings. The molecule has 0 saturated carbocycles. The van der Waals surface area contributed by atoms with Crippen LogP contribution < -0.4 is 14.4 Å². The van der Waals surface area contributed by atoms with E-state index in [1.165, 1.54) is 30.2 Å². The Bertz CT molecular complexity index is 1740. The maximum Gasteiger partial charge on any atom is 0.264 e. The average molecular weight is 727 g/mol. The third-order valence-corrected chi connectivity index (χ3v) is 10.0. The number of methoxy groups -OCH3 is 1. The third-order valence-electron chi connectivity index (χ3n) is 7.53. The molecular weight excluding hydrogens is 690 g/mol. The molecule has 0 radical (unpaired) electrons. The minimum Gasteiger partial charge on any atom is -0.495 e. The summed E-state index contributed by atoms with van der Waals surface area (Å²) in [6, 6.07) is 28.2. The van der Waals surface area contributed by atoms with Crippen molar-refractivity contribution in [1.82, 2.24) is 10.2 Å². The lowest BCUT2D eigenvalue weighted by Crippen LogP contribution is -2.54. The number of hydrogen-bond acceptors (Lipinski definition) is 5. The fourth-order valence-corrected chi connectivity index (χ4v) is 6.97. The highest BCUT2D eigenvalue weighted by molar-refractivity contribution is 9.10. The van der Waals surface area contributed by atoms with Crippen LogP contribution in [-0.4, -0.2) is 50.9 Å². The van der Waals surface area contributed by atoms with Gasteiger partial charge in [-0.05, 0) is 66.9 Å². The van der Waals surface area contributed by atoms with Gasteiger partial charge in [-0.3, -0.25) is 13.9 Å². The van der Waals surface area contributed by atoms with Gasteiger partial charge in [-0.2, -0.15) is 0 Å². The number of nitrogens with zero attached hydrogens (tertiary/aromatic N) is 2. The van der Waals surface area contributed by atoms with E-state index in [2.05, 4.69) is 21.2 Å². The summed E-state index contributed by atoms with van der Waals surface area (Å²) in [6.07, 6.45) is 0.913. The second-order valence-electron chi connectivity index (χ2n) is 10.8. The standard InChI is InChI=1S/C35H37BrClN3O5S/c1-4-25(2)38-35(42)32(21-26-12-7-5-8-13-26)39(23-27-14-11-15-28(36)20-27)34(41)24-40(31-22-29(37)18-19-33(31)45-3)46(43,44)30-16-9-6-10-17-30/h5-20,22,25,32H,4,21,23-24H2,1-3H3,(H,38,42)/t25-,32-/m0/s1. The number of carbonyl (C=O) groups is 2. The van der Waals surface area contributed by atoms with Crippen LogP contribution in [0, 0.1) is 0 Å². The highest BCUT2D eigenvalue weighted by Gasteiger charge is 2.36. The Morgan fingerprint density at radius 3 is 2.20 bits per heavy atom. The van der Waals surface area contributed by atoms with Gasteiger partial charge in [-0.25, -0.2) is 8.42 Å². The van der Waals surface area contributed by atoms with Crippen LogP contribution >= 0.6 is 27.5 Å². The Labute approximate surface area is 284 Å². The van der Waals surface area contributed by atoms with Crippen molar-refractivity contribution in [1.29, 1.82) is 0 Å². The third kappa shape index (κ3) is 8.90. The van der Waals surface area contributed by atoms with Gasteiger partial charge < -0.3 is 15.0 Å². The van der Waals surface area contributed by atoms with E-state index in [-0.39, 0.29) is 46.3 Å². The van der Waals surface area contributed by atoms with Gasteiger partial charge in [0.2, 0.25) is 11.8 Å². The lowest BCUT2D eigenvalue weighted by atomic mass is 10.0. The molecule has 4 aromatic rings. The predicted molar refractivity (Wildman–Crippen MR) is 185 cm³/mol. The zero-order chi connectivity index (χ0) is 33.3. The van der Waals surface area contributed by atoms with Gasteiger partial charge in [0.15, 0.2) is 0 Å². The lowest BCUT2D eigenvalue weighted by molar-refractivity contribution is -0.140. The van der Waals surface area contributed by atoms with Gasteiger partial charge in [0.1, 0.15) is 18.3 Å². The molecule has 242 valence electrons. The van der Waals surface area contributed by atoms with Crippen molar-refractivity contribution >= 4 is 55.1 Å². The minimum atomic E-state index is -4.30. The van der Waals surface area contributed by atoms with Gasteiger partial charge in [0, 0.05) is 28.5 Å². The van der Waals surface area contributed by atoms with E-state index in [4.69, 9.17) is 16.3 Å². The maximum atomic E-state index is 14.6. The first-order valence-corrected chi connectivity index (χ1v) is 17.4. The molecule has 4 aromatic carbocycles. The van der Waals surface area contributed by atoms with Crippen molar-refractivity contribution in [3.05, 3.63) is 124 Å². The number of benzene rings is 4. The normalized spacial score (nSPS) is 12.5. The van der Waals surface area contributed by atoms with Crippen LogP contribution in [0.3, 0.4) is 0 Å². The fraction of sp³-hybridized carbons (Fsp3) is 0.257. The molecule has 8 nitrogen and oxygen atoms in total. The van der Waals surface area contributed by atoms with E-state index < -0.39 is 28.5 Å². The van der Waals surface area contributed by atoms with E-state index in [1.807, 2.05) is 68.4 Å². The molecule has 2 atom stereocenters. The van der Waals surface area contributed by atoms with Gasteiger partial charge in [0.05, 0.1) is 17.7 Å². The van der Waals surface area contributed by atoms with E-state index in [0.29, 0.717) is 6.42 Å². The molecule has 0 saturated heterocycles. The van der Waals surface area contributed by atoms with E-state index >= 15 is 0 Å². The minimum absolute atomic E-state index is 0.0151. The highest BCUT2D eigenvalue weighted by Crippen LogP contribution is 2.35. The van der Waals surface area contributed by atoms with Crippen LogP contribution in [0.4, 0.5) is 5.69 Å². The number of anilines is 1. The van der Waals surface area contributed by atoms with Gasteiger partial charge in [0.25, 0.3) is 10.0 Å². The largest absolute Gasteiger partial charge is 0.495 e. The number of nitrogens with one attached hydrogen (secondary N) is 1. The highest BCUT2D eigenvalue weighted by atomic mass is 79.9. The van der Waals surface area contributed by atoms with Crippen molar-refractivity contribution in [3.63, 3.8) is 0 Å². The van der Waals surface area contributed by atoms with Crippen molar-refractivity contribution in [2.24, 2.45) is 0 Å². The second-order valence-corrected chi connectivity index (χ2v) is 14.0. The Kier molecular flexibility index (Phi) is 12.3. The summed E-state index contributed by atoms with van der Waals surface area (Å²) in [4.78, 5) is 30.0. The van der Waals surface area contributed by atoms with Gasteiger partial charge in [-0.15, -0.1) is 0 Å². The number of amides is 2. The summed E-state index contributed by atoms with van der Waals surface area (Å²) in [5.41, 5.74) is 1.71. The fourth-order valence-electron chi connectivity index (χ4n) is 4.92. The molecular formula is C35H37BrClN3O5S. The molecule has 0 spiro atoms. The summed E-state index contributed by atoms with van der Waals surface area (Å²) in [7, 11) is -2.89. The summed E-state index contributed by atoms with van der Waals surface area (Å²) in [5.74, 6) is -0.702. The first-order valence-electron chi connectivity index (χ1n) is 14.8. The second kappa shape index (κ2) is 16.1.